The average molecular weight is 254 g/mol. The van der Waals surface area contributed by atoms with Crippen molar-refractivity contribution < 1.29 is 28.6 Å². The molecule has 6 nitrogen and oxygen atoms in total. The fourth-order valence-corrected chi connectivity index (χ4v) is 1.28. The van der Waals surface area contributed by atoms with E-state index in [0.717, 1.165) is 6.08 Å². The topological polar surface area (TPSA) is 78.9 Å². The number of esters is 3. The van der Waals surface area contributed by atoms with Crippen LogP contribution in [0.2, 0.25) is 0 Å². The Hall–Kier alpha value is -2.11. The maximum atomic E-state index is 11.4. The molecule has 1 rings (SSSR count). The summed E-state index contributed by atoms with van der Waals surface area (Å²) in [5.41, 5.74) is 0. The molecular weight excluding hydrogens is 240 g/mol. The smallest absolute Gasteiger partial charge is 0.347 e. The first-order valence-electron chi connectivity index (χ1n) is 5.41. The molecule has 98 valence electrons. The Kier molecular flexibility index (Phi) is 5.10. The van der Waals surface area contributed by atoms with Gasteiger partial charge in [0.25, 0.3) is 0 Å². The molecular formula is C12H14O6. The SMILES string of the molecule is C=CC(=O)OC(=C)CCC(=O)OC1CCOC1=O. The van der Waals surface area contributed by atoms with Crippen LogP contribution in [0.3, 0.4) is 0 Å². The molecule has 1 aliphatic rings. The van der Waals surface area contributed by atoms with Gasteiger partial charge in [0, 0.05) is 18.9 Å². The van der Waals surface area contributed by atoms with Gasteiger partial charge in [-0.3, -0.25) is 4.79 Å². The number of carbonyl (C=O) groups is 3. The Balaban J connectivity index is 2.24. The molecule has 0 aromatic rings. The number of hydrogen-bond donors (Lipinski definition) is 0. The summed E-state index contributed by atoms with van der Waals surface area (Å²) in [4.78, 5) is 33.2. The second-order valence-electron chi connectivity index (χ2n) is 3.60. The van der Waals surface area contributed by atoms with Crippen molar-refractivity contribution in [2.24, 2.45) is 0 Å². The molecule has 1 aliphatic heterocycles. The van der Waals surface area contributed by atoms with Gasteiger partial charge < -0.3 is 14.2 Å². The molecule has 0 spiro atoms. The highest BCUT2D eigenvalue weighted by Crippen LogP contribution is 2.13. The molecule has 0 aromatic heterocycles. The summed E-state index contributed by atoms with van der Waals surface area (Å²) in [6.07, 6.45) is 0.670. The zero-order valence-corrected chi connectivity index (χ0v) is 9.85. The van der Waals surface area contributed by atoms with Crippen molar-refractivity contribution in [2.45, 2.75) is 25.4 Å². The molecule has 1 unspecified atom stereocenters. The number of carbonyl (C=O) groups excluding carboxylic acids is 3. The Labute approximate surface area is 104 Å². The lowest BCUT2D eigenvalue weighted by Crippen LogP contribution is -2.22. The van der Waals surface area contributed by atoms with Gasteiger partial charge >= 0.3 is 17.9 Å². The van der Waals surface area contributed by atoms with E-state index in [4.69, 9.17) is 9.47 Å². The van der Waals surface area contributed by atoms with Crippen LogP contribution in [-0.2, 0) is 28.6 Å². The average Bonchev–Trinajstić information content (AvgIpc) is 2.72. The van der Waals surface area contributed by atoms with Crippen LogP contribution < -0.4 is 0 Å². The summed E-state index contributed by atoms with van der Waals surface area (Å²) in [5, 5.41) is 0. The minimum Gasteiger partial charge on any atom is -0.463 e. The molecule has 1 fully saturated rings. The van der Waals surface area contributed by atoms with Gasteiger partial charge in [0.2, 0.25) is 6.10 Å². The Morgan fingerprint density at radius 1 is 1.44 bits per heavy atom. The molecule has 0 saturated carbocycles. The van der Waals surface area contributed by atoms with Crippen LogP contribution in [0.15, 0.2) is 25.0 Å². The standard InChI is InChI=1S/C12H14O6/c1-3-10(13)17-8(2)4-5-11(14)18-9-6-7-16-12(9)15/h3,9H,1-2,4-7H2. The minimum atomic E-state index is -0.818. The van der Waals surface area contributed by atoms with Crippen molar-refractivity contribution in [1.29, 1.82) is 0 Å². The van der Waals surface area contributed by atoms with E-state index in [2.05, 4.69) is 17.9 Å². The molecule has 6 heteroatoms. The third-order valence-corrected chi connectivity index (χ3v) is 2.18. The number of hydrogen-bond acceptors (Lipinski definition) is 6. The monoisotopic (exact) mass is 254 g/mol. The van der Waals surface area contributed by atoms with E-state index in [1.165, 1.54) is 0 Å². The predicted molar refractivity (Wildman–Crippen MR) is 60.1 cm³/mol. The fourth-order valence-electron chi connectivity index (χ4n) is 1.28. The first-order valence-corrected chi connectivity index (χ1v) is 5.41. The van der Waals surface area contributed by atoms with E-state index in [9.17, 15) is 14.4 Å². The van der Waals surface area contributed by atoms with Gasteiger partial charge in [-0.15, -0.1) is 0 Å². The second kappa shape index (κ2) is 6.58. The third-order valence-electron chi connectivity index (χ3n) is 2.18. The molecule has 0 aromatic carbocycles. The van der Waals surface area contributed by atoms with Gasteiger partial charge in [-0.25, -0.2) is 9.59 Å². The molecule has 18 heavy (non-hydrogen) atoms. The van der Waals surface area contributed by atoms with E-state index in [-0.39, 0.29) is 25.2 Å². The summed E-state index contributed by atoms with van der Waals surface area (Å²) in [6.45, 7) is 6.96. The van der Waals surface area contributed by atoms with Crippen LogP contribution in [0.4, 0.5) is 0 Å². The zero-order chi connectivity index (χ0) is 13.5. The first kappa shape index (κ1) is 14.0. The van der Waals surface area contributed by atoms with Crippen LogP contribution in [-0.4, -0.2) is 30.6 Å². The van der Waals surface area contributed by atoms with Gasteiger partial charge in [-0.2, -0.15) is 0 Å². The second-order valence-corrected chi connectivity index (χ2v) is 3.60. The minimum absolute atomic E-state index is 0.0208. The van der Waals surface area contributed by atoms with Gasteiger partial charge in [0.05, 0.1) is 13.0 Å². The highest BCUT2D eigenvalue weighted by atomic mass is 16.6. The van der Waals surface area contributed by atoms with Crippen LogP contribution in [0.1, 0.15) is 19.3 Å². The van der Waals surface area contributed by atoms with Crippen LogP contribution in [0.5, 0.6) is 0 Å². The summed E-state index contributed by atoms with van der Waals surface area (Å²) in [6, 6.07) is 0. The molecule has 1 heterocycles. The Morgan fingerprint density at radius 2 is 2.17 bits per heavy atom. The lowest BCUT2D eigenvalue weighted by molar-refractivity contribution is -0.160. The zero-order valence-electron chi connectivity index (χ0n) is 9.85. The third kappa shape index (κ3) is 4.40. The Morgan fingerprint density at radius 3 is 2.72 bits per heavy atom. The highest BCUT2D eigenvalue weighted by molar-refractivity contribution is 5.82. The fraction of sp³-hybridized carbons (Fsp3) is 0.417. The number of allylic oxidation sites excluding steroid dienone is 1. The normalized spacial score (nSPS) is 17.8. The number of cyclic esters (lactones) is 1. The molecule has 0 amide bonds. The maximum Gasteiger partial charge on any atom is 0.347 e. The molecule has 0 N–H and O–H groups in total. The van der Waals surface area contributed by atoms with E-state index in [1.54, 1.807) is 0 Å². The van der Waals surface area contributed by atoms with E-state index in [1.807, 2.05) is 0 Å². The molecule has 0 radical (unpaired) electrons. The van der Waals surface area contributed by atoms with Crippen LogP contribution in [0.25, 0.3) is 0 Å². The molecule has 0 aliphatic carbocycles. The molecule has 1 atom stereocenters. The summed E-state index contributed by atoms with van der Waals surface area (Å²) < 4.78 is 14.2. The van der Waals surface area contributed by atoms with Crippen molar-refractivity contribution in [3.05, 3.63) is 25.0 Å². The van der Waals surface area contributed by atoms with Crippen molar-refractivity contribution >= 4 is 17.9 Å². The summed E-state index contributed by atoms with van der Waals surface area (Å²) >= 11 is 0. The van der Waals surface area contributed by atoms with Crippen LogP contribution >= 0.6 is 0 Å². The highest BCUT2D eigenvalue weighted by Gasteiger charge is 2.29. The maximum absolute atomic E-state index is 11.4. The lowest BCUT2D eigenvalue weighted by atomic mass is 10.2. The number of rotatable bonds is 6. The molecule has 0 bridgehead atoms. The van der Waals surface area contributed by atoms with Gasteiger partial charge in [0.15, 0.2) is 0 Å². The number of ether oxygens (including phenoxy) is 3. The van der Waals surface area contributed by atoms with Crippen molar-refractivity contribution in [2.75, 3.05) is 6.61 Å². The Bertz CT molecular complexity index is 384. The largest absolute Gasteiger partial charge is 0.463 e. The summed E-state index contributed by atoms with van der Waals surface area (Å²) in [5.74, 6) is -1.58. The quantitative estimate of drug-likeness (QED) is 0.303. The predicted octanol–water partition coefficient (Wildman–Crippen LogP) is 0.868. The van der Waals surface area contributed by atoms with Crippen molar-refractivity contribution in [1.82, 2.24) is 0 Å². The lowest BCUT2D eigenvalue weighted by Gasteiger charge is -2.08. The van der Waals surface area contributed by atoms with Crippen molar-refractivity contribution in [3.8, 4) is 0 Å². The van der Waals surface area contributed by atoms with Gasteiger partial charge in [-0.05, 0) is 0 Å². The van der Waals surface area contributed by atoms with E-state index >= 15 is 0 Å². The van der Waals surface area contributed by atoms with Crippen LogP contribution in [0, 0.1) is 0 Å². The van der Waals surface area contributed by atoms with E-state index in [0.29, 0.717) is 6.42 Å². The van der Waals surface area contributed by atoms with Crippen molar-refractivity contribution in [3.63, 3.8) is 0 Å². The van der Waals surface area contributed by atoms with Gasteiger partial charge in [-0.1, -0.05) is 13.2 Å². The van der Waals surface area contributed by atoms with E-state index < -0.39 is 24.0 Å². The first-order chi connectivity index (χ1) is 8.52. The summed E-state index contributed by atoms with van der Waals surface area (Å²) in [7, 11) is 0. The molecule has 1 saturated heterocycles. The van der Waals surface area contributed by atoms with Gasteiger partial charge in [0.1, 0.15) is 5.76 Å².